The highest BCUT2D eigenvalue weighted by Crippen LogP contribution is 2.17. The van der Waals surface area contributed by atoms with Crippen LogP contribution in [0.25, 0.3) is 11.4 Å². The summed E-state index contributed by atoms with van der Waals surface area (Å²) in [6.07, 6.45) is 0.960. The molecule has 0 radical (unpaired) electrons. The van der Waals surface area contributed by atoms with Crippen molar-refractivity contribution in [1.29, 1.82) is 0 Å². The van der Waals surface area contributed by atoms with Crippen molar-refractivity contribution >= 4 is 5.97 Å². The van der Waals surface area contributed by atoms with Gasteiger partial charge in [0.05, 0.1) is 0 Å². The Morgan fingerprint density at radius 3 is 2.36 bits per heavy atom. The highest BCUT2D eigenvalue weighted by molar-refractivity contribution is 5.73. The van der Waals surface area contributed by atoms with Crippen LogP contribution < -0.4 is 0 Å². The van der Waals surface area contributed by atoms with Gasteiger partial charge in [0.1, 0.15) is 0 Å². The minimum Gasteiger partial charge on any atom is -0.475 e. The predicted molar refractivity (Wildman–Crippen MR) is 96.8 cm³/mol. The molecule has 0 atom stereocenters. The molecule has 0 aliphatic carbocycles. The second kappa shape index (κ2) is 10.2. The summed E-state index contributed by atoms with van der Waals surface area (Å²) < 4.78 is 37.1. The van der Waals surface area contributed by atoms with Crippen LogP contribution in [0.3, 0.4) is 0 Å². The number of hydrogen-bond acceptors (Lipinski definition) is 5. The number of likely N-dealkylation sites (tertiary alicyclic amines) is 1. The molecule has 1 aromatic heterocycles. The lowest BCUT2D eigenvalue weighted by molar-refractivity contribution is -0.192. The molecule has 3 rings (SSSR count). The number of aromatic nitrogens is 2. The summed E-state index contributed by atoms with van der Waals surface area (Å²) in [6, 6.07) is 8.22. The fourth-order valence-corrected chi connectivity index (χ4v) is 2.81. The Bertz CT molecular complexity index is 739. The fraction of sp³-hybridized carbons (Fsp3) is 0.526. The second-order valence-corrected chi connectivity index (χ2v) is 6.69. The Labute approximate surface area is 161 Å². The number of aliphatic carboxylic acids is 1. The van der Waals surface area contributed by atoms with E-state index in [1.165, 1.54) is 37.9 Å². The molecule has 2 aromatic rings. The monoisotopic (exact) mass is 399 g/mol. The maximum absolute atomic E-state index is 10.6. The van der Waals surface area contributed by atoms with E-state index in [-0.39, 0.29) is 0 Å². The maximum atomic E-state index is 10.6. The normalized spacial score (nSPS) is 15.0. The molecule has 1 saturated heterocycles. The number of hydrogen-bond donors (Lipinski definition) is 1. The van der Waals surface area contributed by atoms with Crippen molar-refractivity contribution in [2.24, 2.45) is 0 Å². The van der Waals surface area contributed by atoms with Crippen molar-refractivity contribution in [2.45, 2.75) is 45.2 Å². The minimum absolute atomic E-state index is 0.697. The van der Waals surface area contributed by atoms with Crippen LogP contribution in [0.15, 0.2) is 28.8 Å². The highest BCUT2D eigenvalue weighted by Gasteiger charge is 2.38. The van der Waals surface area contributed by atoms with E-state index >= 15 is 0 Å². The first-order chi connectivity index (χ1) is 13.3. The maximum Gasteiger partial charge on any atom is 0.490 e. The number of benzene rings is 1. The van der Waals surface area contributed by atoms with Gasteiger partial charge in [0.15, 0.2) is 0 Å². The first-order valence-electron chi connectivity index (χ1n) is 9.18. The summed E-state index contributed by atoms with van der Waals surface area (Å²) in [6.45, 7) is 5.71. The van der Waals surface area contributed by atoms with E-state index in [0.717, 1.165) is 30.8 Å². The Morgan fingerprint density at radius 2 is 1.79 bits per heavy atom. The second-order valence-electron chi connectivity index (χ2n) is 6.69. The van der Waals surface area contributed by atoms with Gasteiger partial charge in [-0.15, -0.1) is 0 Å². The van der Waals surface area contributed by atoms with Crippen LogP contribution in [0.1, 0.15) is 37.1 Å². The molecule has 2 heterocycles. The Kier molecular flexibility index (Phi) is 7.98. The van der Waals surface area contributed by atoms with Crippen LogP contribution in [0.2, 0.25) is 0 Å². The zero-order valence-corrected chi connectivity index (χ0v) is 15.7. The van der Waals surface area contributed by atoms with Gasteiger partial charge in [0.2, 0.25) is 11.7 Å². The summed E-state index contributed by atoms with van der Waals surface area (Å²) in [4.78, 5) is 15.9. The quantitative estimate of drug-likeness (QED) is 0.816. The SMILES string of the molecule is Cc1ccc(-c2noc(CCCN3CCCCC3)n2)cc1.O=C(O)C(F)(F)F. The molecule has 9 heteroatoms. The lowest BCUT2D eigenvalue weighted by Gasteiger charge is -2.25. The van der Waals surface area contributed by atoms with Crippen molar-refractivity contribution < 1.29 is 27.6 Å². The average Bonchev–Trinajstić information content (AvgIpc) is 3.12. The molecule has 154 valence electrons. The fourth-order valence-electron chi connectivity index (χ4n) is 2.81. The summed E-state index contributed by atoms with van der Waals surface area (Å²) in [5, 5.41) is 11.2. The van der Waals surface area contributed by atoms with Crippen LogP contribution in [-0.2, 0) is 11.2 Å². The average molecular weight is 399 g/mol. The Balaban J connectivity index is 0.000000345. The summed E-state index contributed by atoms with van der Waals surface area (Å²) in [5.41, 5.74) is 2.26. The van der Waals surface area contributed by atoms with Crippen molar-refractivity contribution in [1.82, 2.24) is 15.0 Å². The van der Waals surface area contributed by atoms with E-state index in [9.17, 15) is 13.2 Å². The van der Waals surface area contributed by atoms with Crippen molar-refractivity contribution in [3.8, 4) is 11.4 Å². The number of halogens is 3. The van der Waals surface area contributed by atoms with Crippen molar-refractivity contribution in [2.75, 3.05) is 19.6 Å². The Morgan fingerprint density at radius 1 is 1.18 bits per heavy atom. The van der Waals surface area contributed by atoms with Gasteiger partial charge in [-0.05, 0) is 45.8 Å². The number of carboxylic acid groups (broad SMARTS) is 1. The number of carbonyl (C=O) groups is 1. The molecule has 1 aliphatic rings. The minimum atomic E-state index is -5.08. The highest BCUT2D eigenvalue weighted by atomic mass is 19.4. The van der Waals surface area contributed by atoms with Gasteiger partial charge in [-0.2, -0.15) is 18.2 Å². The molecule has 0 amide bonds. The van der Waals surface area contributed by atoms with Gasteiger partial charge in [0, 0.05) is 12.0 Å². The number of aryl methyl sites for hydroxylation is 2. The lowest BCUT2D eigenvalue weighted by Crippen LogP contribution is -2.30. The molecular formula is C19H24F3N3O3. The van der Waals surface area contributed by atoms with Gasteiger partial charge >= 0.3 is 12.1 Å². The molecule has 0 bridgehead atoms. The number of piperidine rings is 1. The third-order valence-corrected chi connectivity index (χ3v) is 4.33. The van der Waals surface area contributed by atoms with E-state index < -0.39 is 12.1 Å². The van der Waals surface area contributed by atoms with Crippen LogP contribution in [0.5, 0.6) is 0 Å². The zero-order chi connectivity index (χ0) is 20.6. The van der Waals surface area contributed by atoms with Crippen LogP contribution in [0.4, 0.5) is 13.2 Å². The zero-order valence-electron chi connectivity index (χ0n) is 15.7. The van der Waals surface area contributed by atoms with Gasteiger partial charge in [-0.1, -0.05) is 41.4 Å². The third kappa shape index (κ3) is 7.30. The smallest absolute Gasteiger partial charge is 0.475 e. The molecular weight excluding hydrogens is 375 g/mol. The molecule has 28 heavy (non-hydrogen) atoms. The molecule has 1 aliphatic heterocycles. The van der Waals surface area contributed by atoms with E-state index in [4.69, 9.17) is 14.4 Å². The van der Waals surface area contributed by atoms with Gasteiger partial charge in [-0.3, -0.25) is 0 Å². The van der Waals surface area contributed by atoms with Crippen molar-refractivity contribution in [3.63, 3.8) is 0 Å². The van der Waals surface area contributed by atoms with Gasteiger partial charge in [0.25, 0.3) is 0 Å². The number of alkyl halides is 3. The van der Waals surface area contributed by atoms with Crippen molar-refractivity contribution in [3.05, 3.63) is 35.7 Å². The molecule has 0 unspecified atom stereocenters. The predicted octanol–water partition coefficient (Wildman–Crippen LogP) is 4.10. The van der Waals surface area contributed by atoms with E-state index in [0.29, 0.717) is 5.82 Å². The number of nitrogens with zero attached hydrogens (tertiary/aromatic N) is 3. The van der Waals surface area contributed by atoms with Crippen LogP contribution >= 0.6 is 0 Å². The standard InChI is InChI=1S/C17H23N3O.C2HF3O2/c1-14-7-9-15(10-8-14)17-18-16(21-19-17)6-5-13-20-11-3-2-4-12-20;3-2(4,5)1(6)7/h7-10H,2-6,11-13H2,1H3;(H,6,7). The van der Waals surface area contributed by atoms with E-state index in [1.807, 2.05) is 12.1 Å². The third-order valence-electron chi connectivity index (χ3n) is 4.33. The Hall–Kier alpha value is -2.42. The molecule has 1 fully saturated rings. The first-order valence-corrected chi connectivity index (χ1v) is 9.18. The first kappa shape index (κ1) is 21.9. The summed E-state index contributed by atoms with van der Waals surface area (Å²) >= 11 is 0. The van der Waals surface area contributed by atoms with Crippen LogP contribution in [0, 0.1) is 6.92 Å². The van der Waals surface area contributed by atoms with E-state index in [2.05, 4.69) is 34.1 Å². The van der Waals surface area contributed by atoms with E-state index in [1.54, 1.807) is 0 Å². The van der Waals surface area contributed by atoms with Gasteiger partial charge < -0.3 is 14.5 Å². The topological polar surface area (TPSA) is 79.5 Å². The molecule has 0 spiro atoms. The lowest BCUT2D eigenvalue weighted by atomic mass is 10.1. The number of rotatable bonds is 5. The largest absolute Gasteiger partial charge is 0.490 e. The van der Waals surface area contributed by atoms with Crippen LogP contribution in [-0.4, -0.2) is 51.9 Å². The molecule has 6 nitrogen and oxygen atoms in total. The number of carboxylic acids is 1. The molecule has 1 N–H and O–H groups in total. The summed E-state index contributed by atoms with van der Waals surface area (Å²) in [7, 11) is 0. The molecule has 0 saturated carbocycles. The summed E-state index contributed by atoms with van der Waals surface area (Å²) in [5.74, 6) is -1.31. The van der Waals surface area contributed by atoms with Gasteiger partial charge in [-0.25, -0.2) is 4.79 Å². The molecule has 1 aromatic carbocycles.